The van der Waals surface area contributed by atoms with Crippen molar-refractivity contribution in [2.24, 2.45) is 0 Å². The van der Waals surface area contributed by atoms with Crippen LogP contribution >= 0.6 is 27.5 Å². The molecule has 1 unspecified atom stereocenters. The Hall–Kier alpha value is -0.930. The van der Waals surface area contributed by atoms with Crippen molar-refractivity contribution in [1.82, 2.24) is 0 Å². The summed E-state index contributed by atoms with van der Waals surface area (Å²) >= 11 is 9.96. The number of hydrogen-bond donors (Lipinski definition) is 0. The zero-order valence-electron chi connectivity index (χ0n) is 10.6. The average Bonchev–Trinajstić information content (AvgIpc) is 3.04. The summed E-state index contributed by atoms with van der Waals surface area (Å²) in [6, 6.07) is 5.96. The van der Waals surface area contributed by atoms with Gasteiger partial charge in [-0.3, -0.25) is 0 Å². The lowest BCUT2D eigenvalue weighted by atomic mass is 10.0. The van der Waals surface area contributed by atoms with Crippen molar-refractivity contribution in [3.8, 4) is 5.75 Å². The first-order chi connectivity index (χ1) is 9.20. The van der Waals surface area contributed by atoms with Crippen LogP contribution < -0.4 is 4.74 Å². The van der Waals surface area contributed by atoms with Crippen LogP contribution in [0.1, 0.15) is 34.2 Å². The molecule has 4 heteroatoms. The minimum absolute atomic E-state index is 0.0479. The van der Waals surface area contributed by atoms with Crippen LogP contribution in [0.5, 0.6) is 5.75 Å². The fourth-order valence-electron chi connectivity index (χ4n) is 2.52. The lowest BCUT2D eigenvalue weighted by Gasteiger charge is -2.14. The van der Waals surface area contributed by atoms with Gasteiger partial charge in [-0.05, 0) is 23.8 Å². The van der Waals surface area contributed by atoms with Gasteiger partial charge in [0, 0.05) is 29.0 Å². The van der Waals surface area contributed by atoms with Crippen molar-refractivity contribution in [2.75, 3.05) is 6.61 Å². The van der Waals surface area contributed by atoms with Crippen molar-refractivity contribution >= 4 is 27.5 Å². The first-order valence-corrected chi connectivity index (χ1v) is 7.65. The van der Waals surface area contributed by atoms with Crippen molar-refractivity contribution in [2.45, 2.75) is 24.6 Å². The number of fused-ring (bicyclic) bond motifs is 1. The van der Waals surface area contributed by atoms with E-state index in [4.69, 9.17) is 20.8 Å². The Kier molecular flexibility index (Phi) is 3.59. The normalized spacial score (nSPS) is 15.1. The zero-order valence-corrected chi connectivity index (χ0v) is 12.9. The molecule has 100 valence electrons. The van der Waals surface area contributed by atoms with Crippen LogP contribution in [0.25, 0.3) is 0 Å². The van der Waals surface area contributed by atoms with E-state index < -0.39 is 0 Å². The van der Waals surface area contributed by atoms with Gasteiger partial charge in [0.05, 0.1) is 17.7 Å². The smallest absolute Gasteiger partial charge is 0.127 e. The van der Waals surface area contributed by atoms with Gasteiger partial charge >= 0.3 is 0 Å². The van der Waals surface area contributed by atoms with E-state index >= 15 is 0 Å². The Morgan fingerprint density at radius 3 is 3.00 bits per heavy atom. The fourth-order valence-corrected chi connectivity index (χ4v) is 3.51. The molecule has 0 radical (unpaired) electrons. The van der Waals surface area contributed by atoms with Crippen LogP contribution in [0.2, 0.25) is 5.02 Å². The Bertz CT molecular complexity index is 606. The van der Waals surface area contributed by atoms with E-state index in [0.717, 1.165) is 47.1 Å². The maximum atomic E-state index is 6.21. The third-order valence-corrected chi connectivity index (χ3v) is 4.63. The maximum Gasteiger partial charge on any atom is 0.127 e. The molecule has 0 amide bonds. The third-order valence-electron chi connectivity index (χ3n) is 3.42. The molecule has 2 heterocycles. The van der Waals surface area contributed by atoms with E-state index in [0.29, 0.717) is 0 Å². The van der Waals surface area contributed by atoms with Gasteiger partial charge in [-0.25, -0.2) is 0 Å². The molecule has 19 heavy (non-hydrogen) atoms. The highest BCUT2D eigenvalue weighted by atomic mass is 79.9. The Morgan fingerprint density at radius 2 is 2.21 bits per heavy atom. The number of benzene rings is 1. The van der Waals surface area contributed by atoms with E-state index in [1.54, 1.807) is 6.26 Å². The SMILES string of the molecule is CCc1occc1C(Br)c1cc(Cl)cc2c1OCC2. The molecule has 2 aromatic rings. The zero-order chi connectivity index (χ0) is 13.4. The van der Waals surface area contributed by atoms with E-state index in [2.05, 4.69) is 22.9 Å². The fraction of sp³-hybridized carbons (Fsp3) is 0.333. The molecule has 0 N–H and O–H groups in total. The van der Waals surface area contributed by atoms with Crippen LogP contribution in [-0.4, -0.2) is 6.61 Å². The van der Waals surface area contributed by atoms with Crippen LogP contribution in [0.4, 0.5) is 0 Å². The number of furan rings is 1. The van der Waals surface area contributed by atoms with Crippen LogP contribution in [0.3, 0.4) is 0 Å². The Balaban J connectivity index is 2.07. The second kappa shape index (κ2) is 5.22. The van der Waals surface area contributed by atoms with E-state index in [-0.39, 0.29) is 4.83 Å². The number of halogens is 2. The predicted octanol–water partition coefficient (Wildman–Crippen LogP) is 4.91. The van der Waals surface area contributed by atoms with E-state index in [9.17, 15) is 0 Å². The van der Waals surface area contributed by atoms with Gasteiger partial charge in [-0.1, -0.05) is 34.5 Å². The summed E-state index contributed by atoms with van der Waals surface area (Å²) in [5.41, 5.74) is 3.41. The van der Waals surface area contributed by atoms with E-state index in [1.807, 2.05) is 18.2 Å². The summed E-state index contributed by atoms with van der Waals surface area (Å²) in [5.74, 6) is 1.96. The molecule has 1 aliphatic rings. The topological polar surface area (TPSA) is 22.4 Å². The molecule has 0 saturated heterocycles. The molecule has 0 spiro atoms. The van der Waals surface area contributed by atoms with Gasteiger partial charge in [-0.15, -0.1) is 0 Å². The molecule has 1 atom stereocenters. The lowest BCUT2D eigenvalue weighted by Crippen LogP contribution is -1.98. The highest BCUT2D eigenvalue weighted by molar-refractivity contribution is 9.09. The second-order valence-electron chi connectivity index (χ2n) is 4.60. The summed E-state index contributed by atoms with van der Waals surface area (Å²) < 4.78 is 11.3. The number of ether oxygens (including phenoxy) is 1. The van der Waals surface area contributed by atoms with Crippen LogP contribution in [0.15, 0.2) is 28.9 Å². The number of hydrogen-bond acceptors (Lipinski definition) is 2. The maximum absolute atomic E-state index is 6.21. The third kappa shape index (κ3) is 2.30. The summed E-state index contributed by atoms with van der Waals surface area (Å²) in [5, 5.41) is 0.755. The van der Waals surface area contributed by atoms with Gasteiger partial charge in [0.1, 0.15) is 11.5 Å². The second-order valence-corrected chi connectivity index (χ2v) is 5.95. The predicted molar refractivity (Wildman–Crippen MR) is 79.5 cm³/mol. The highest BCUT2D eigenvalue weighted by Gasteiger charge is 2.25. The highest BCUT2D eigenvalue weighted by Crippen LogP contribution is 2.43. The van der Waals surface area contributed by atoms with Crippen molar-refractivity contribution < 1.29 is 9.15 Å². The molecule has 2 nitrogen and oxygen atoms in total. The number of rotatable bonds is 3. The Labute approximate surface area is 125 Å². The first kappa shape index (κ1) is 13.1. The molecule has 1 aromatic heterocycles. The van der Waals surface area contributed by atoms with Gasteiger partial charge in [0.25, 0.3) is 0 Å². The van der Waals surface area contributed by atoms with E-state index in [1.165, 1.54) is 5.56 Å². The summed E-state index contributed by atoms with van der Waals surface area (Å²) in [6.07, 6.45) is 3.52. The Morgan fingerprint density at radius 1 is 1.37 bits per heavy atom. The van der Waals surface area contributed by atoms with Crippen LogP contribution in [-0.2, 0) is 12.8 Å². The van der Waals surface area contributed by atoms with Crippen molar-refractivity contribution in [3.63, 3.8) is 0 Å². The lowest BCUT2D eigenvalue weighted by molar-refractivity contribution is 0.354. The minimum Gasteiger partial charge on any atom is -0.493 e. The molecular formula is C15H14BrClO2. The molecule has 1 aromatic carbocycles. The monoisotopic (exact) mass is 340 g/mol. The molecule has 1 aliphatic heterocycles. The van der Waals surface area contributed by atoms with Gasteiger partial charge in [0.2, 0.25) is 0 Å². The standard InChI is InChI=1S/C15H14BrClO2/c1-2-13-11(4-6-18-13)14(16)12-8-10(17)7-9-3-5-19-15(9)12/h4,6-8,14H,2-3,5H2,1H3. The molecule has 0 bridgehead atoms. The molecular weight excluding hydrogens is 328 g/mol. The number of aryl methyl sites for hydroxylation is 1. The quantitative estimate of drug-likeness (QED) is 0.740. The summed E-state index contributed by atoms with van der Waals surface area (Å²) in [6.45, 7) is 2.81. The molecule has 0 aliphatic carbocycles. The van der Waals surface area contributed by atoms with Crippen LogP contribution in [0, 0.1) is 0 Å². The minimum atomic E-state index is 0.0479. The average molecular weight is 342 g/mol. The van der Waals surface area contributed by atoms with Crippen molar-refractivity contribution in [1.29, 1.82) is 0 Å². The first-order valence-electron chi connectivity index (χ1n) is 6.36. The summed E-state index contributed by atoms with van der Waals surface area (Å²) in [7, 11) is 0. The van der Waals surface area contributed by atoms with Crippen molar-refractivity contribution in [3.05, 3.63) is 51.9 Å². The summed E-state index contributed by atoms with van der Waals surface area (Å²) in [4.78, 5) is 0.0479. The molecule has 0 saturated carbocycles. The molecule has 3 rings (SSSR count). The number of alkyl halides is 1. The molecule has 0 fully saturated rings. The van der Waals surface area contributed by atoms with Gasteiger partial charge < -0.3 is 9.15 Å². The van der Waals surface area contributed by atoms with Gasteiger partial charge in [-0.2, -0.15) is 0 Å². The van der Waals surface area contributed by atoms with Gasteiger partial charge in [0.15, 0.2) is 0 Å². The largest absolute Gasteiger partial charge is 0.493 e.